The number of allylic oxidation sites excluding steroid dienone is 1. The highest BCUT2D eigenvalue weighted by atomic mass is 14.6. The third-order valence-corrected chi connectivity index (χ3v) is 3.35. The summed E-state index contributed by atoms with van der Waals surface area (Å²) in [6.07, 6.45) is 8.07. The summed E-state index contributed by atoms with van der Waals surface area (Å²) in [5, 5.41) is 1.20. The number of rotatable bonds is 6. The molecule has 2 aromatic rings. The first-order valence-corrected chi connectivity index (χ1v) is 6.85. The van der Waals surface area contributed by atoms with Gasteiger partial charge in [-0.1, -0.05) is 57.0 Å². The molecule has 0 saturated carbocycles. The predicted molar refractivity (Wildman–Crippen MR) is 79.5 cm³/mol. The van der Waals surface area contributed by atoms with E-state index in [0.29, 0.717) is 0 Å². The minimum atomic E-state index is 1.08. The molecule has 0 amide bonds. The topological polar surface area (TPSA) is 12.9 Å². The molecule has 0 aliphatic rings. The van der Waals surface area contributed by atoms with Crippen molar-refractivity contribution >= 4 is 16.5 Å². The fraction of sp³-hybridized carbons (Fsp3) is 0.353. The summed E-state index contributed by atoms with van der Waals surface area (Å²) in [5.41, 5.74) is 3.51. The molecule has 18 heavy (non-hydrogen) atoms. The highest BCUT2D eigenvalue weighted by Gasteiger charge is 2.05. The molecule has 0 N–H and O–H groups in total. The average Bonchev–Trinajstić information content (AvgIpc) is 2.43. The van der Waals surface area contributed by atoms with Gasteiger partial charge in [0, 0.05) is 17.1 Å². The number of aromatic nitrogens is 1. The number of nitrogens with zero attached hydrogens (tertiary/aromatic N) is 1. The monoisotopic (exact) mass is 239 g/mol. The number of unbranched alkanes of at least 4 members (excludes halogenated alkanes) is 3. The van der Waals surface area contributed by atoms with Gasteiger partial charge in [-0.3, -0.25) is 4.98 Å². The molecule has 0 spiro atoms. The van der Waals surface area contributed by atoms with E-state index in [1.165, 1.54) is 42.2 Å². The van der Waals surface area contributed by atoms with E-state index in [0.717, 1.165) is 11.9 Å². The van der Waals surface area contributed by atoms with Crippen LogP contribution in [0, 0.1) is 0 Å². The zero-order chi connectivity index (χ0) is 12.8. The number of hydrogen-bond donors (Lipinski definition) is 0. The van der Waals surface area contributed by atoms with Gasteiger partial charge in [0.1, 0.15) is 0 Å². The van der Waals surface area contributed by atoms with E-state index in [9.17, 15) is 0 Å². The standard InChI is InChI=1S/C17H21N/c1-3-4-5-6-9-14(2)16-12-7-10-15-11-8-13-18-17(15)16/h7-8,10-13H,2-6,9H2,1H3. The molecular weight excluding hydrogens is 218 g/mol. The number of fused-ring (bicyclic) bond motifs is 1. The van der Waals surface area contributed by atoms with Crippen LogP contribution >= 0.6 is 0 Å². The quantitative estimate of drug-likeness (QED) is 0.630. The molecule has 1 heterocycles. The van der Waals surface area contributed by atoms with Crippen molar-refractivity contribution in [1.82, 2.24) is 4.98 Å². The molecule has 0 unspecified atom stereocenters. The van der Waals surface area contributed by atoms with Crippen LogP contribution in [0.5, 0.6) is 0 Å². The maximum Gasteiger partial charge on any atom is 0.0776 e. The Kier molecular flexibility index (Phi) is 4.52. The lowest BCUT2D eigenvalue weighted by molar-refractivity contribution is 0.679. The Labute approximate surface area is 110 Å². The molecule has 0 saturated heterocycles. The van der Waals surface area contributed by atoms with Gasteiger partial charge in [0.2, 0.25) is 0 Å². The van der Waals surface area contributed by atoms with Crippen molar-refractivity contribution in [3.8, 4) is 0 Å². The lowest BCUT2D eigenvalue weighted by Gasteiger charge is -2.08. The van der Waals surface area contributed by atoms with Crippen LogP contribution in [0.1, 0.15) is 44.6 Å². The minimum absolute atomic E-state index is 1.08. The highest BCUT2D eigenvalue weighted by Crippen LogP contribution is 2.25. The molecule has 1 aromatic carbocycles. The van der Waals surface area contributed by atoms with Gasteiger partial charge in [-0.2, -0.15) is 0 Å². The second-order valence-corrected chi connectivity index (χ2v) is 4.79. The number of para-hydroxylation sites is 1. The Balaban J connectivity index is 2.13. The third kappa shape index (κ3) is 2.98. The smallest absolute Gasteiger partial charge is 0.0776 e. The number of benzene rings is 1. The van der Waals surface area contributed by atoms with Crippen LogP contribution in [-0.2, 0) is 0 Å². The van der Waals surface area contributed by atoms with Crippen LogP contribution in [-0.4, -0.2) is 4.98 Å². The maximum absolute atomic E-state index is 4.49. The molecule has 0 fully saturated rings. The van der Waals surface area contributed by atoms with Crippen LogP contribution in [0.4, 0.5) is 0 Å². The van der Waals surface area contributed by atoms with E-state index in [2.05, 4.69) is 42.8 Å². The molecule has 1 aromatic heterocycles. The number of pyridine rings is 1. The SMILES string of the molecule is C=C(CCCCCC)c1cccc2cccnc12. The Hall–Kier alpha value is -1.63. The largest absolute Gasteiger partial charge is 0.256 e. The van der Waals surface area contributed by atoms with E-state index < -0.39 is 0 Å². The predicted octanol–water partition coefficient (Wildman–Crippen LogP) is 5.22. The Bertz CT molecular complexity index is 523. The van der Waals surface area contributed by atoms with Crippen LogP contribution in [0.3, 0.4) is 0 Å². The minimum Gasteiger partial charge on any atom is -0.256 e. The third-order valence-electron chi connectivity index (χ3n) is 3.35. The summed E-state index contributed by atoms with van der Waals surface area (Å²) in [5.74, 6) is 0. The summed E-state index contributed by atoms with van der Waals surface area (Å²) in [7, 11) is 0. The Morgan fingerprint density at radius 3 is 2.78 bits per heavy atom. The molecular formula is C17H21N. The van der Waals surface area contributed by atoms with Gasteiger partial charge in [0.15, 0.2) is 0 Å². The Morgan fingerprint density at radius 1 is 1.11 bits per heavy atom. The first kappa shape index (κ1) is 12.8. The Morgan fingerprint density at radius 2 is 1.94 bits per heavy atom. The van der Waals surface area contributed by atoms with Crippen LogP contribution in [0.25, 0.3) is 16.5 Å². The van der Waals surface area contributed by atoms with E-state index in [4.69, 9.17) is 0 Å². The number of hydrogen-bond acceptors (Lipinski definition) is 1. The maximum atomic E-state index is 4.49. The lowest BCUT2D eigenvalue weighted by Crippen LogP contribution is -1.89. The zero-order valence-corrected chi connectivity index (χ0v) is 11.2. The molecule has 0 radical (unpaired) electrons. The second kappa shape index (κ2) is 6.34. The van der Waals surface area contributed by atoms with Crippen molar-refractivity contribution < 1.29 is 0 Å². The van der Waals surface area contributed by atoms with Crippen LogP contribution < -0.4 is 0 Å². The van der Waals surface area contributed by atoms with Crippen LogP contribution in [0.2, 0.25) is 0 Å². The van der Waals surface area contributed by atoms with E-state index in [-0.39, 0.29) is 0 Å². The van der Waals surface area contributed by atoms with Crippen LogP contribution in [0.15, 0.2) is 43.1 Å². The molecule has 94 valence electrons. The molecule has 1 heteroatoms. The fourth-order valence-corrected chi connectivity index (χ4v) is 2.29. The van der Waals surface area contributed by atoms with Gasteiger partial charge >= 0.3 is 0 Å². The van der Waals surface area contributed by atoms with Crippen molar-refractivity contribution in [1.29, 1.82) is 0 Å². The summed E-state index contributed by atoms with van der Waals surface area (Å²) >= 11 is 0. The lowest BCUT2D eigenvalue weighted by atomic mass is 9.98. The average molecular weight is 239 g/mol. The summed E-state index contributed by atoms with van der Waals surface area (Å²) in [6.45, 7) is 6.47. The first-order valence-electron chi connectivity index (χ1n) is 6.85. The first-order chi connectivity index (χ1) is 8.83. The van der Waals surface area contributed by atoms with Crippen molar-refractivity contribution in [3.63, 3.8) is 0 Å². The summed E-state index contributed by atoms with van der Waals surface area (Å²) in [6, 6.07) is 10.4. The van der Waals surface area contributed by atoms with Gasteiger partial charge in [0.05, 0.1) is 5.52 Å². The molecule has 0 aliphatic carbocycles. The van der Waals surface area contributed by atoms with Crippen molar-refractivity contribution in [2.45, 2.75) is 39.0 Å². The molecule has 2 rings (SSSR count). The molecule has 0 aliphatic heterocycles. The second-order valence-electron chi connectivity index (χ2n) is 4.79. The highest BCUT2D eigenvalue weighted by molar-refractivity contribution is 5.90. The van der Waals surface area contributed by atoms with Crippen molar-refractivity contribution in [2.24, 2.45) is 0 Å². The molecule has 0 atom stereocenters. The van der Waals surface area contributed by atoms with Gasteiger partial charge in [0.25, 0.3) is 0 Å². The summed E-state index contributed by atoms with van der Waals surface area (Å²) < 4.78 is 0. The van der Waals surface area contributed by atoms with Gasteiger partial charge in [-0.25, -0.2) is 0 Å². The van der Waals surface area contributed by atoms with Crippen molar-refractivity contribution in [3.05, 3.63) is 48.7 Å². The van der Waals surface area contributed by atoms with Crippen molar-refractivity contribution in [2.75, 3.05) is 0 Å². The van der Waals surface area contributed by atoms with E-state index >= 15 is 0 Å². The van der Waals surface area contributed by atoms with E-state index in [1.807, 2.05) is 12.3 Å². The fourth-order valence-electron chi connectivity index (χ4n) is 2.29. The summed E-state index contributed by atoms with van der Waals surface area (Å²) in [4.78, 5) is 4.49. The van der Waals surface area contributed by atoms with Gasteiger partial charge in [-0.15, -0.1) is 0 Å². The van der Waals surface area contributed by atoms with Gasteiger partial charge in [-0.05, 0) is 24.5 Å². The zero-order valence-electron chi connectivity index (χ0n) is 11.2. The molecule has 1 nitrogen and oxygen atoms in total. The normalized spacial score (nSPS) is 10.7. The molecule has 0 bridgehead atoms. The van der Waals surface area contributed by atoms with E-state index in [1.54, 1.807) is 0 Å². The van der Waals surface area contributed by atoms with Gasteiger partial charge < -0.3 is 0 Å².